The number of aliphatic hydroxyl groups excluding tert-OH is 1. The number of unbranched alkanes of at least 4 members (excludes halogenated alkanes) is 14. The average Bonchev–Trinajstić information content (AvgIpc) is 1.70. The molecule has 0 aromatic heterocycles. The Kier molecular flexibility index (Phi) is 29.2. The number of esters is 2. The van der Waals surface area contributed by atoms with Gasteiger partial charge >= 0.3 is 11.9 Å². The molecule has 0 amide bonds. The summed E-state index contributed by atoms with van der Waals surface area (Å²) < 4.78 is 23.8. The van der Waals surface area contributed by atoms with Gasteiger partial charge in [-0.1, -0.05) is 215 Å². The third kappa shape index (κ3) is 19.7. The lowest BCUT2D eigenvalue weighted by Crippen LogP contribution is -2.56. The maximum atomic E-state index is 13.1. The smallest absolute Gasteiger partial charge is 0.308 e. The van der Waals surface area contributed by atoms with Crippen LogP contribution in [0.3, 0.4) is 0 Å². The lowest BCUT2D eigenvalue weighted by molar-refractivity contribution is -0.151. The molecule has 0 bridgehead atoms. The Morgan fingerprint density at radius 2 is 1.12 bits per heavy atom. The number of aryl methyl sites for hydroxylation is 2. The molecule has 524 valence electrons. The minimum atomic E-state index is -0.864. The van der Waals surface area contributed by atoms with Crippen LogP contribution in [0.15, 0.2) is 109 Å². The fraction of sp³-hybridized carbons (Fsp3) is 0.674. The van der Waals surface area contributed by atoms with E-state index in [-0.39, 0.29) is 52.7 Å². The van der Waals surface area contributed by atoms with Crippen LogP contribution in [0.4, 0.5) is 0 Å². The summed E-state index contributed by atoms with van der Waals surface area (Å²) in [4.78, 5) is 25.0. The number of aromatic hydroxyl groups is 1. The van der Waals surface area contributed by atoms with Crippen molar-refractivity contribution in [2.24, 2.45) is 52.3 Å². The molecule has 0 aliphatic heterocycles. The molecule has 0 radical (unpaired) electrons. The van der Waals surface area contributed by atoms with Crippen LogP contribution in [-0.2, 0) is 49.9 Å². The van der Waals surface area contributed by atoms with Gasteiger partial charge in [0.05, 0.1) is 49.5 Å². The number of phenolic OH excluding ortho intramolecular Hbond substituents is 1. The summed E-state index contributed by atoms with van der Waals surface area (Å²) in [5.41, 5.74) is 7.01. The molecule has 0 spiro atoms. The number of rotatable bonds is 37. The van der Waals surface area contributed by atoms with Crippen LogP contribution in [-0.4, -0.2) is 58.3 Å². The summed E-state index contributed by atoms with van der Waals surface area (Å²) >= 11 is 0. The average molecular weight is 1300 g/mol. The molecule has 6 aliphatic carbocycles. The molecule has 6 aliphatic rings. The van der Waals surface area contributed by atoms with Crippen molar-refractivity contribution in [1.82, 2.24) is 0 Å². The van der Waals surface area contributed by atoms with Crippen LogP contribution < -0.4 is 4.74 Å². The lowest BCUT2D eigenvalue weighted by atomic mass is 9.49. The number of phenols is 1. The van der Waals surface area contributed by atoms with Gasteiger partial charge in [-0.05, 0) is 233 Å². The van der Waals surface area contributed by atoms with Crippen molar-refractivity contribution >= 4 is 11.9 Å². The second-order valence-electron chi connectivity index (χ2n) is 31.0. The van der Waals surface area contributed by atoms with Crippen molar-refractivity contribution in [3.8, 4) is 11.5 Å². The van der Waals surface area contributed by atoms with Gasteiger partial charge in [0.25, 0.3) is 0 Å². The molecular weight excluding hydrogens is 1180 g/mol. The number of benzene rings is 4. The molecule has 9 nitrogen and oxygen atoms in total. The largest absolute Gasteiger partial charge is 0.508 e. The molecule has 4 aromatic carbocycles. The number of carbonyl (C=O) groups is 2. The van der Waals surface area contributed by atoms with Crippen LogP contribution >= 0.6 is 0 Å². The molecule has 14 atom stereocenters. The van der Waals surface area contributed by atoms with E-state index >= 15 is 0 Å². The van der Waals surface area contributed by atoms with E-state index in [1.54, 1.807) is 0 Å². The highest BCUT2D eigenvalue weighted by Crippen LogP contribution is 2.66. The van der Waals surface area contributed by atoms with E-state index in [4.69, 9.17) is 18.9 Å². The summed E-state index contributed by atoms with van der Waals surface area (Å²) in [7, 11) is 0. The third-order valence-corrected chi connectivity index (χ3v) is 24.5. The molecule has 95 heavy (non-hydrogen) atoms. The number of hydrogen-bond acceptors (Lipinski definition) is 9. The van der Waals surface area contributed by atoms with Gasteiger partial charge in [0.1, 0.15) is 18.1 Å². The number of carbonyl (C=O) groups excluding carboxylic acids is 2. The Hall–Kier alpha value is -4.96. The van der Waals surface area contributed by atoms with E-state index in [9.17, 15) is 24.9 Å². The third-order valence-electron chi connectivity index (χ3n) is 24.5. The number of allylic oxidation sites excluding steroid dienone is 1. The van der Waals surface area contributed by atoms with Gasteiger partial charge < -0.3 is 34.3 Å². The first-order valence-corrected chi connectivity index (χ1v) is 38.9. The molecule has 0 saturated heterocycles. The van der Waals surface area contributed by atoms with Gasteiger partial charge in [0.2, 0.25) is 0 Å². The monoisotopic (exact) mass is 1300 g/mol. The van der Waals surface area contributed by atoms with Crippen LogP contribution in [0.1, 0.15) is 292 Å². The number of aliphatic hydroxyl groups is 2. The maximum absolute atomic E-state index is 13.1. The fourth-order valence-electron chi connectivity index (χ4n) is 19.7. The standard InChI is InChI=1S/C50H68O5.C36H58O4/c1-4-6-7-18-25-40(48(51)53-5-2)26-19-10-8-9-11-20-33-50(52)37-49(3)45(31-32-46(49)55-36-39-23-16-13-17-24-39)44-29-27-41-34-42(28-30-43(41)47(44)50)54-35-38-21-14-12-15-22-38;1-4-6-7-12-15-26(35(39)40-5-2)16-13-10-8-9-11-14-17-28-25-36(3)32(22-23-33(36)38)31-20-18-27-24-29(37)19-21-30(27)34(28)31/h11-17,20-24,28,30,34,40,44-47,52H,4-10,18-19,25-27,29,31-33,35-37H2,1-3H3;19,21,24,26,28,31-34,37-38H,4-18,20,22-23,25H2,1-3H3/t40?,44?,45?,46-,47?,49-,50-;26?,28-,31?,32?,33-,34?,36-/m00/s1. The lowest BCUT2D eigenvalue weighted by Gasteiger charge is -2.58. The second-order valence-corrected chi connectivity index (χ2v) is 31.0. The van der Waals surface area contributed by atoms with Crippen LogP contribution in [0.25, 0.3) is 0 Å². The maximum Gasteiger partial charge on any atom is 0.308 e. The Bertz CT molecular complexity index is 2940. The minimum absolute atomic E-state index is 0.0101. The van der Waals surface area contributed by atoms with Gasteiger partial charge in [-0.3, -0.25) is 9.59 Å². The van der Waals surface area contributed by atoms with Crippen molar-refractivity contribution < 1.29 is 43.9 Å². The minimum Gasteiger partial charge on any atom is -0.508 e. The highest BCUT2D eigenvalue weighted by molar-refractivity contribution is 5.72. The summed E-state index contributed by atoms with van der Waals surface area (Å²) in [6.07, 6.45) is 42.2. The van der Waals surface area contributed by atoms with E-state index in [1.807, 2.05) is 32.0 Å². The zero-order valence-corrected chi connectivity index (χ0v) is 59.9. The normalized spacial score (nSPS) is 27.8. The highest BCUT2D eigenvalue weighted by Gasteiger charge is 2.63. The van der Waals surface area contributed by atoms with Gasteiger partial charge in [-0.2, -0.15) is 0 Å². The van der Waals surface area contributed by atoms with Gasteiger partial charge in [0, 0.05) is 5.92 Å². The molecule has 4 aromatic rings. The first-order chi connectivity index (χ1) is 46.2. The van der Waals surface area contributed by atoms with Crippen molar-refractivity contribution in [3.63, 3.8) is 0 Å². The molecular formula is C86H126O9. The molecule has 0 heterocycles. The molecule has 4 saturated carbocycles. The predicted molar refractivity (Wildman–Crippen MR) is 386 cm³/mol. The van der Waals surface area contributed by atoms with Crippen molar-refractivity contribution in [2.75, 3.05) is 13.2 Å². The first kappa shape index (κ1) is 74.3. The van der Waals surface area contributed by atoms with Crippen LogP contribution in [0, 0.1) is 52.3 Å². The quantitative estimate of drug-likeness (QED) is 0.0229. The van der Waals surface area contributed by atoms with E-state index in [0.717, 1.165) is 133 Å². The second kappa shape index (κ2) is 37.3. The van der Waals surface area contributed by atoms with Crippen molar-refractivity contribution in [3.05, 3.63) is 143 Å². The molecule has 4 fully saturated rings. The first-order valence-electron chi connectivity index (χ1n) is 38.9. The van der Waals surface area contributed by atoms with E-state index in [2.05, 4.69) is 119 Å². The fourth-order valence-corrected chi connectivity index (χ4v) is 19.7. The van der Waals surface area contributed by atoms with Gasteiger partial charge in [0.15, 0.2) is 0 Å². The summed E-state index contributed by atoms with van der Waals surface area (Å²) in [5, 5.41) is 34.2. The van der Waals surface area contributed by atoms with Crippen molar-refractivity contribution in [1.29, 1.82) is 0 Å². The van der Waals surface area contributed by atoms with Gasteiger partial charge in [-0.25, -0.2) is 0 Å². The van der Waals surface area contributed by atoms with E-state index in [1.165, 1.54) is 118 Å². The Morgan fingerprint density at radius 1 is 0.568 bits per heavy atom. The summed E-state index contributed by atoms with van der Waals surface area (Å²) in [6.45, 7) is 15.2. The van der Waals surface area contributed by atoms with Crippen LogP contribution in [0.2, 0.25) is 0 Å². The Labute approximate surface area is 575 Å². The predicted octanol–water partition coefficient (Wildman–Crippen LogP) is 21.2. The SMILES string of the molecule is CCCCCCC(CCCCCC=CC[C@]1(O)C[C@@]2(C)C(CC[C@@H]2OCc2ccccc2)C2CCc3cc(OCc4ccccc4)ccc3C21)C(=O)OCC.CCCCCCC(CCCCCCCC[C@H]1C[C@@]2(C)C(CC[C@@H]2O)C2CCc3cc(O)ccc3C21)C(=O)OCC. The van der Waals surface area contributed by atoms with E-state index in [0.29, 0.717) is 74.1 Å². The van der Waals surface area contributed by atoms with Gasteiger partial charge in [-0.15, -0.1) is 0 Å². The molecule has 9 heteroatoms. The molecule has 3 N–H and O–H groups in total. The van der Waals surface area contributed by atoms with Crippen LogP contribution in [0.5, 0.6) is 11.5 Å². The summed E-state index contributed by atoms with van der Waals surface area (Å²) in [5.74, 6) is 4.99. The Balaban J connectivity index is 0.000000235. The number of hydrogen-bond donors (Lipinski definition) is 3. The van der Waals surface area contributed by atoms with Crippen molar-refractivity contribution in [2.45, 2.75) is 303 Å². The zero-order valence-electron chi connectivity index (χ0n) is 59.9. The highest BCUT2D eigenvalue weighted by atomic mass is 16.5. The molecule has 8 unspecified atom stereocenters. The topological polar surface area (TPSA) is 132 Å². The Morgan fingerprint density at radius 3 is 1.75 bits per heavy atom. The molecule has 10 rings (SSSR count). The number of fused-ring (bicyclic) bond motifs is 10. The summed E-state index contributed by atoms with van der Waals surface area (Å²) in [6, 6.07) is 33.7. The zero-order chi connectivity index (χ0) is 67.1. The number of ether oxygens (including phenoxy) is 4. The van der Waals surface area contributed by atoms with E-state index < -0.39 is 5.60 Å².